The maximum atomic E-state index is 13.2. The molecule has 0 atom stereocenters. The summed E-state index contributed by atoms with van der Waals surface area (Å²) in [5.74, 6) is -0.238. The molecule has 0 aliphatic heterocycles. The molecule has 0 saturated heterocycles. The summed E-state index contributed by atoms with van der Waals surface area (Å²) in [6, 6.07) is 18.7. The Bertz CT molecular complexity index is 1850. The van der Waals surface area contributed by atoms with Crippen molar-refractivity contribution in [3.63, 3.8) is 0 Å². The van der Waals surface area contributed by atoms with Gasteiger partial charge in [-0.3, -0.25) is 4.79 Å². The van der Waals surface area contributed by atoms with Gasteiger partial charge in [-0.05, 0) is 67.9 Å². The third kappa shape index (κ3) is 6.81. The van der Waals surface area contributed by atoms with Crippen molar-refractivity contribution in [2.45, 2.75) is 29.8 Å². The summed E-state index contributed by atoms with van der Waals surface area (Å²) < 4.78 is 104. The molecule has 0 spiro atoms. The zero-order valence-corrected chi connectivity index (χ0v) is 24.0. The minimum absolute atomic E-state index is 0.0265. The van der Waals surface area contributed by atoms with E-state index in [-0.39, 0.29) is 28.6 Å². The molecule has 0 unspecified atom stereocenters. The molecule has 0 bridgehead atoms. The number of ketones is 1. The van der Waals surface area contributed by atoms with Gasteiger partial charge in [0.15, 0.2) is 5.78 Å². The first-order valence-electron chi connectivity index (χ1n) is 12.1. The van der Waals surface area contributed by atoms with Gasteiger partial charge in [0.25, 0.3) is 20.0 Å². The van der Waals surface area contributed by atoms with E-state index in [0.717, 1.165) is 24.8 Å². The molecule has 4 aromatic carbocycles. The molecule has 0 saturated carbocycles. The number of carbonyl (C=O) groups excluding carboxylic acids is 1. The van der Waals surface area contributed by atoms with Crippen LogP contribution in [0, 0.1) is 13.8 Å². The Labute approximate surface area is 240 Å². The molecule has 0 aliphatic rings. The fraction of sp³-hybridized carbons (Fsp3) is 0.138. The number of rotatable bonds is 9. The van der Waals surface area contributed by atoms with Gasteiger partial charge in [0, 0.05) is 17.2 Å². The molecule has 1 N–H and O–H groups in total. The zero-order chi connectivity index (χ0) is 30.9. The predicted octanol–water partition coefficient (Wildman–Crippen LogP) is 6.02. The van der Waals surface area contributed by atoms with Gasteiger partial charge in [0.1, 0.15) is 22.1 Å². The molecule has 8 nitrogen and oxygen atoms in total. The van der Waals surface area contributed by atoms with Crippen LogP contribution in [0.5, 0.6) is 17.2 Å². The topological polar surface area (TPSA) is 116 Å². The molecule has 0 aromatic heterocycles. The SMILES string of the molecule is COc1ccc(Oc2ccc(C(=O)c3ccc(C)cc3)cc2)cc1S(=O)(=O)NS(=O)(=O)c1cc(C(F)(F)F)ccc1C. The third-order valence-corrected chi connectivity index (χ3v) is 9.79. The molecule has 42 heavy (non-hydrogen) atoms. The van der Waals surface area contributed by atoms with Crippen LogP contribution in [0.4, 0.5) is 13.2 Å². The minimum Gasteiger partial charge on any atom is -0.495 e. The molecule has 0 fully saturated rings. The minimum atomic E-state index is -4.98. The molecule has 0 radical (unpaired) electrons. The van der Waals surface area contributed by atoms with Crippen LogP contribution in [-0.2, 0) is 26.2 Å². The summed E-state index contributed by atoms with van der Waals surface area (Å²) in [5.41, 5.74) is 0.546. The lowest BCUT2D eigenvalue weighted by molar-refractivity contribution is -0.137. The number of benzene rings is 4. The van der Waals surface area contributed by atoms with E-state index >= 15 is 0 Å². The molecular formula is C29H24F3NO7S2. The van der Waals surface area contributed by atoms with Crippen LogP contribution < -0.4 is 13.6 Å². The van der Waals surface area contributed by atoms with Crippen LogP contribution in [0.25, 0.3) is 0 Å². The zero-order valence-electron chi connectivity index (χ0n) is 22.4. The molecule has 4 rings (SSSR count). The van der Waals surface area contributed by atoms with Crippen LogP contribution >= 0.6 is 0 Å². The largest absolute Gasteiger partial charge is 0.495 e. The van der Waals surface area contributed by atoms with E-state index in [1.54, 1.807) is 12.1 Å². The number of ether oxygens (including phenoxy) is 2. The summed E-state index contributed by atoms with van der Waals surface area (Å²) in [7, 11) is -8.73. The lowest BCUT2D eigenvalue weighted by Gasteiger charge is -2.15. The van der Waals surface area contributed by atoms with Crippen LogP contribution in [0.3, 0.4) is 0 Å². The third-order valence-electron chi connectivity index (χ3n) is 6.11. The number of aryl methyl sites for hydroxylation is 2. The molecule has 13 heteroatoms. The Morgan fingerprint density at radius 1 is 0.714 bits per heavy atom. The first-order valence-corrected chi connectivity index (χ1v) is 15.1. The quantitative estimate of drug-likeness (QED) is 0.228. The molecule has 0 aliphatic carbocycles. The summed E-state index contributed by atoms with van der Waals surface area (Å²) in [5, 5.41) is 0. The van der Waals surface area contributed by atoms with Crippen molar-refractivity contribution in [1.29, 1.82) is 0 Å². The molecular weight excluding hydrogens is 595 g/mol. The number of sulfonamides is 2. The Morgan fingerprint density at radius 3 is 1.83 bits per heavy atom. The molecule has 0 heterocycles. The lowest BCUT2D eigenvalue weighted by atomic mass is 10.0. The van der Waals surface area contributed by atoms with Crippen molar-refractivity contribution in [1.82, 2.24) is 4.13 Å². The maximum Gasteiger partial charge on any atom is 0.416 e. The standard InChI is InChI=1S/C29H24F3NO7S2/c1-18-4-7-20(8-5-18)28(34)21-9-12-23(13-10-21)40-24-14-15-25(39-3)27(17-24)42(37,38)33-41(35,36)26-16-22(29(30,31)32)11-6-19(26)2/h4-17,33H,1-3H3. The van der Waals surface area contributed by atoms with Gasteiger partial charge < -0.3 is 9.47 Å². The van der Waals surface area contributed by atoms with Crippen molar-refractivity contribution in [2.75, 3.05) is 7.11 Å². The first kappa shape index (κ1) is 30.8. The van der Waals surface area contributed by atoms with Crippen molar-refractivity contribution in [3.8, 4) is 17.2 Å². The van der Waals surface area contributed by atoms with Crippen molar-refractivity contribution >= 4 is 25.8 Å². The van der Waals surface area contributed by atoms with E-state index in [0.29, 0.717) is 23.3 Å². The number of methoxy groups -OCH3 is 1. The summed E-state index contributed by atoms with van der Waals surface area (Å²) in [6.45, 7) is 3.14. The first-order chi connectivity index (χ1) is 19.6. The lowest BCUT2D eigenvalue weighted by Crippen LogP contribution is -2.31. The number of nitrogens with one attached hydrogen (secondary N) is 1. The van der Waals surface area contributed by atoms with E-state index in [9.17, 15) is 34.8 Å². The van der Waals surface area contributed by atoms with Crippen LogP contribution in [0.1, 0.15) is 32.6 Å². The van der Waals surface area contributed by atoms with E-state index in [2.05, 4.69) is 0 Å². The highest BCUT2D eigenvalue weighted by Crippen LogP contribution is 2.34. The van der Waals surface area contributed by atoms with Gasteiger partial charge in [0.2, 0.25) is 0 Å². The van der Waals surface area contributed by atoms with Gasteiger partial charge in [-0.25, -0.2) is 16.8 Å². The maximum absolute atomic E-state index is 13.2. The summed E-state index contributed by atoms with van der Waals surface area (Å²) >= 11 is 0. The normalized spacial score (nSPS) is 12.1. The highest BCUT2D eigenvalue weighted by atomic mass is 32.3. The van der Waals surface area contributed by atoms with Crippen molar-refractivity contribution in [2.24, 2.45) is 0 Å². The van der Waals surface area contributed by atoms with Gasteiger partial charge in [-0.1, -0.05) is 35.9 Å². The number of halogens is 3. The Balaban J connectivity index is 1.60. The van der Waals surface area contributed by atoms with Crippen LogP contribution in [0.2, 0.25) is 0 Å². The van der Waals surface area contributed by atoms with Gasteiger partial charge in [0.05, 0.1) is 17.6 Å². The summed E-state index contributed by atoms with van der Waals surface area (Å²) in [4.78, 5) is 11.2. The summed E-state index contributed by atoms with van der Waals surface area (Å²) in [6.07, 6.45) is -4.85. The number of hydrogen-bond donors (Lipinski definition) is 1. The Morgan fingerprint density at radius 2 is 1.26 bits per heavy atom. The fourth-order valence-electron chi connectivity index (χ4n) is 3.91. The predicted molar refractivity (Wildman–Crippen MR) is 148 cm³/mol. The van der Waals surface area contributed by atoms with Crippen LogP contribution in [-0.4, -0.2) is 29.7 Å². The number of carbonyl (C=O) groups is 1. The van der Waals surface area contributed by atoms with Crippen molar-refractivity contribution in [3.05, 3.63) is 113 Å². The van der Waals surface area contributed by atoms with Gasteiger partial charge >= 0.3 is 6.18 Å². The second-order valence-corrected chi connectivity index (χ2v) is 12.8. The molecule has 4 aromatic rings. The fourth-order valence-corrected chi connectivity index (χ4v) is 7.25. The highest BCUT2D eigenvalue weighted by Gasteiger charge is 2.34. The average molecular weight is 620 g/mol. The van der Waals surface area contributed by atoms with E-state index < -0.39 is 41.6 Å². The second kappa shape index (κ2) is 11.6. The van der Waals surface area contributed by atoms with E-state index in [1.165, 1.54) is 47.4 Å². The van der Waals surface area contributed by atoms with Crippen molar-refractivity contribution < 1.29 is 44.3 Å². The average Bonchev–Trinajstić information content (AvgIpc) is 2.92. The smallest absolute Gasteiger partial charge is 0.416 e. The Hall–Kier alpha value is -4.20. The molecule has 0 amide bonds. The van der Waals surface area contributed by atoms with Crippen LogP contribution in [0.15, 0.2) is 94.7 Å². The van der Waals surface area contributed by atoms with Gasteiger partial charge in [-0.15, -0.1) is 4.13 Å². The molecule has 220 valence electrons. The number of hydrogen-bond acceptors (Lipinski definition) is 7. The number of alkyl halides is 3. The second-order valence-electron chi connectivity index (χ2n) is 9.20. The monoisotopic (exact) mass is 619 g/mol. The van der Waals surface area contributed by atoms with Gasteiger partial charge in [-0.2, -0.15) is 13.2 Å². The van der Waals surface area contributed by atoms with E-state index in [1.807, 2.05) is 19.1 Å². The highest BCUT2D eigenvalue weighted by molar-refractivity contribution is 8.04. The Kier molecular flexibility index (Phi) is 8.48. The van der Waals surface area contributed by atoms with E-state index in [4.69, 9.17) is 9.47 Å².